The molecule has 3 aliphatic rings. The molecule has 9 rings (SSSR count). The number of nitrogens with one attached hydrogen (secondary N) is 4. The van der Waals surface area contributed by atoms with E-state index in [2.05, 4.69) is 20.1 Å². The molecule has 412 valence electrons. The molecule has 6 aromatic carbocycles. The first-order valence-electron chi connectivity index (χ1n) is 24.7. The third-order valence-electron chi connectivity index (χ3n) is 13.5. The Hall–Kier alpha value is -6.19. The second-order valence-corrected chi connectivity index (χ2v) is 22.9. The summed E-state index contributed by atoms with van der Waals surface area (Å²) >= 11 is 5.83. The van der Waals surface area contributed by atoms with Crippen LogP contribution in [-0.2, 0) is 55.3 Å². The van der Waals surface area contributed by atoms with Gasteiger partial charge in [-0.15, -0.1) is 0 Å². The summed E-state index contributed by atoms with van der Waals surface area (Å²) in [7, 11) is -7.79. The molecule has 0 aromatic heterocycles. The van der Waals surface area contributed by atoms with E-state index in [9.17, 15) is 46.9 Å². The van der Waals surface area contributed by atoms with Crippen LogP contribution in [0.5, 0.6) is 11.5 Å². The van der Waals surface area contributed by atoms with E-state index in [1.54, 1.807) is 0 Å². The molecular weight excluding hydrogens is 1040 g/mol. The van der Waals surface area contributed by atoms with Gasteiger partial charge in [0.15, 0.2) is 11.5 Å². The van der Waals surface area contributed by atoms with E-state index >= 15 is 0 Å². The van der Waals surface area contributed by atoms with Crippen LogP contribution >= 0.6 is 11.6 Å². The van der Waals surface area contributed by atoms with Crippen molar-refractivity contribution < 1.29 is 56.3 Å². The largest absolute Gasteiger partial charge is 0.486 e. The first-order valence-corrected chi connectivity index (χ1v) is 28.1. The zero-order valence-corrected chi connectivity index (χ0v) is 43.3. The predicted molar refractivity (Wildman–Crippen MR) is 295 cm³/mol. The number of sulfonamides is 2. The Morgan fingerprint density at radius 1 is 0.545 bits per heavy atom. The van der Waals surface area contributed by atoms with Gasteiger partial charge >= 0.3 is 0 Å². The first kappa shape index (κ1) is 60.0. The van der Waals surface area contributed by atoms with Crippen LogP contribution in [0.15, 0.2) is 161 Å². The fraction of sp³-hybridized carbons (Fsp3) is 0.345. The number of rotatable bonds is 20. The molecule has 0 saturated carbocycles. The molecule has 2 amide bonds. The minimum atomic E-state index is -3.94. The lowest BCUT2D eigenvalue weighted by Gasteiger charge is -2.24. The molecule has 8 atom stereocenters. The molecule has 1 aliphatic heterocycles. The van der Waals surface area contributed by atoms with E-state index < -0.39 is 68.4 Å². The van der Waals surface area contributed by atoms with Crippen molar-refractivity contribution in [1.29, 1.82) is 0 Å². The summed E-state index contributed by atoms with van der Waals surface area (Å²) in [5, 5.41) is 49.0. The summed E-state index contributed by atoms with van der Waals surface area (Å²) in [5.41, 5.74) is 5.57. The molecule has 0 bridgehead atoms. The standard InChI is InChI=1S/C29H32N2O7S.C27H29ClN2O5S.2CH4/c32-22(18-30-39(35,36)23-10-11-26-27(17-23)38-13-12-37-26)15-21(14-19-6-2-1-3-7-19)29(34)31-28-24-9-5-4-8-20(24)16-25(28)33;28-21-10-12-23(13-11-21)36(34,35)29-17-22(31)15-20(14-18-6-2-1-3-7-18)27(33)30-26-24-9-5-4-8-19(24)16-25(26)32;;/h1-11,17,21-22,25,28,30,32-33H,12-16,18H2,(H,31,34);1-13,20,22,25-26,29,31-32H,14-17H2,(H,30,33);2*1H4/t21-,22+,25-,28+;20-,22+,25-,26+;;/m11../s1. The second kappa shape index (κ2) is 27.4. The Morgan fingerprint density at radius 3 is 1.42 bits per heavy atom. The van der Waals surface area contributed by atoms with Crippen molar-refractivity contribution in [3.8, 4) is 11.5 Å². The molecule has 8 N–H and O–H groups in total. The number of hydrogen-bond donors (Lipinski definition) is 8. The van der Waals surface area contributed by atoms with E-state index in [1.165, 1.54) is 42.5 Å². The molecule has 0 spiro atoms. The summed E-state index contributed by atoms with van der Waals surface area (Å²) < 4.78 is 66.7. The third kappa shape index (κ3) is 16.0. The summed E-state index contributed by atoms with van der Waals surface area (Å²) in [6.07, 6.45) is -2.03. The Kier molecular flexibility index (Phi) is 21.4. The maximum Gasteiger partial charge on any atom is 0.240 e. The topological polar surface area (TPSA) is 250 Å². The van der Waals surface area contributed by atoms with Crippen molar-refractivity contribution >= 4 is 43.5 Å². The summed E-state index contributed by atoms with van der Waals surface area (Å²) in [5.74, 6) is -1.08. The number of carbonyl (C=O) groups excluding carboxylic acids is 2. The molecule has 77 heavy (non-hydrogen) atoms. The number of aliphatic hydroxyl groups is 4. The van der Waals surface area contributed by atoms with Crippen LogP contribution in [0.4, 0.5) is 0 Å². The summed E-state index contributed by atoms with van der Waals surface area (Å²) in [4.78, 5) is 26.8. The third-order valence-corrected chi connectivity index (χ3v) is 16.6. The number of amides is 2. The number of fused-ring (bicyclic) bond motifs is 3. The maximum absolute atomic E-state index is 13.5. The second-order valence-electron chi connectivity index (χ2n) is 18.9. The minimum Gasteiger partial charge on any atom is -0.486 e. The van der Waals surface area contributed by atoms with Gasteiger partial charge in [0, 0.05) is 48.9 Å². The van der Waals surface area contributed by atoms with Crippen molar-refractivity contribution in [3.05, 3.63) is 190 Å². The van der Waals surface area contributed by atoms with Crippen molar-refractivity contribution in [2.24, 2.45) is 11.8 Å². The molecule has 0 saturated heterocycles. The Bertz CT molecular complexity index is 3120. The average Bonchev–Trinajstić information content (AvgIpc) is 3.90. The monoisotopic (exact) mass is 1110 g/mol. The average molecular weight is 1110 g/mol. The van der Waals surface area contributed by atoms with E-state index in [1.807, 2.05) is 109 Å². The van der Waals surface area contributed by atoms with Crippen molar-refractivity contribution in [1.82, 2.24) is 20.1 Å². The van der Waals surface area contributed by atoms with Gasteiger partial charge in [0.25, 0.3) is 0 Å². The first-order chi connectivity index (χ1) is 36.0. The molecule has 16 nitrogen and oxygen atoms in total. The van der Waals surface area contributed by atoms with Gasteiger partial charge in [0.2, 0.25) is 31.9 Å². The van der Waals surface area contributed by atoms with Crippen LogP contribution in [0.1, 0.15) is 73.2 Å². The highest BCUT2D eigenvalue weighted by Crippen LogP contribution is 2.35. The lowest BCUT2D eigenvalue weighted by atomic mass is 9.92. The molecule has 19 heteroatoms. The van der Waals surface area contributed by atoms with Gasteiger partial charge in [-0.3, -0.25) is 9.59 Å². The van der Waals surface area contributed by atoms with Gasteiger partial charge in [0.1, 0.15) is 13.2 Å². The molecule has 0 unspecified atom stereocenters. The molecule has 6 aromatic rings. The summed E-state index contributed by atoms with van der Waals surface area (Å²) in [6.45, 7) is 0.201. The number of ether oxygens (including phenoxy) is 2. The minimum absolute atomic E-state index is 0. The van der Waals surface area contributed by atoms with E-state index in [4.69, 9.17) is 21.1 Å². The predicted octanol–water partition coefficient (Wildman–Crippen LogP) is 6.40. The van der Waals surface area contributed by atoms with Gasteiger partial charge in [-0.1, -0.05) is 136 Å². The van der Waals surface area contributed by atoms with Gasteiger partial charge in [0.05, 0.1) is 46.3 Å². The zero-order chi connectivity index (χ0) is 53.1. The lowest BCUT2D eigenvalue weighted by molar-refractivity contribution is -0.128. The van der Waals surface area contributed by atoms with Crippen LogP contribution in [0.3, 0.4) is 0 Å². The van der Waals surface area contributed by atoms with Crippen LogP contribution in [0.25, 0.3) is 0 Å². The Balaban J connectivity index is 0.000000244. The fourth-order valence-electron chi connectivity index (χ4n) is 9.61. The van der Waals surface area contributed by atoms with Crippen LogP contribution in [0.2, 0.25) is 5.02 Å². The smallest absolute Gasteiger partial charge is 0.240 e. The molecule has 2 aliphatic carbocycles. The highest BCUT2D eigenvalue weighted by molar-refractivity contribution is 7.89. The lowest BCUT2D eigenvalue weighted by Crippen LogP contribution is -2.41. The zero-order valence-electron chi connectivity index (χ0n) is 40.9. The summed E-state index contributed by atoms with van der Waals surface area (Å²) in [6, 6.07) is 43.0. The van der Waals surface area contributed by atoms with Crippen molar-refractivity contribution in [2.45, 2.75) is 99.7 Å². The number of benzene rings is 6. The normalized spacial score (nSPS) is 18.8. The fourth-order valence-corrected chi connectivity index (χ4v) is 11.9. The van der Waals surface area contributed by atoms with Crippen LogP contribution < -0.4 is 29.6 Å². The maximum atomic E-state index is 13.5. The number of halogens is 1. The van der Waals surface area contributed by atoms with Gasteiger partial charge < -0.3 is 40.5 Å². The molecule has 0 radical (unpaired) electrons. The molecule has 0 fully saturated rings. The van der Waals surface area contributed by atoms with Gasteiger partial charge in [-0.2, -0.15) is 0 Å². The quantitative estimate of drug-likeness (QED) is 0.0414. The van der Waals surface area contributed by atoms with Crippen molar-refractivity contribution in [2.75, 3.05) is 26.3 Å². The Morgan fingerprint density at radius 2 is 0.948 bits per heavy atom. The number of hydrogen-bond acceptors (Lipinski definition) is 12. The Labute approximate surface area is 456 Å². The number of carbonyl (C=O) groups is 2. The van der Waals surface area contributed by atoms with Crippen LogP contribution in [0, 0.1) is 11.8 Å². The highest BCUT2D eigenvalue weighted by atomic mass is 35.5. The SMILES string of the molecule is C.C.O=C(N[C@H]1c2ccccc2C[C@H]1O)[C@H](Cc1ccccc1)C[C@H](O)CNS(=O)(=O)c1ccc(Cl)cc1.O=C(N[C@H]1c2ccccc2C[C@H]1O)[C@H](Cc1ccccc1)C[C@H](O)CNS(=O)(=O)c1ccc2c(c1)OCCO2. The molecular formula is C58H69ClN4O12S2. The van der Waals surface area contributed by atoms with Gasteiger partial charge in [-0.25, -0.2) is 26.3 Å². The van der Waals surface area contributed by atoms with E-state index in [0.29, 0.717) is 55.4 Å². The van der Waals surface area contributed by atoms with Crippen LogP contribution in [-0.4, -0.2) is 99.8 Å². The van der Waals surface area contributed by atoms with E-state index in [0.717, 1.165) is 33.4 Å². The highest BCUT2D eigenvalue weighted by Gasteiger charge is 2.36. The van der Waals surface area contributed by atoms with E-state index in [-0.39, 0.29) is 62.4 Å². The molecule has 1 heterocycles. The van der Waals surface area contributed by atoms with Gasteiger partial charge in [-0.05, 0) is 95.5 Å². The number of aliphatic hydroxyl groups excluding tert-OH is 4. The van der Waals surface area contributed by atoms with Crippen molar-refractivity contribution in [3.63, 3.8) is 0 Å².